The minimum atomic E-state index is -0.779. The maximum Gasteiger partial charge on any atom is 0.222 e. The third-order valence-electron chi connectivity index (χ3n) is 4.66. The van der Waals surface area contributed by atoms with Gasteiger partial charge in [0, 0.05) is 18.1 Å². The summed E-state index contributed by atoms with van der Waals surface area (Å²) >= 11 is 0. The van der Waals surface area contributed by atoms with Gasteiger partial charge in [-0.05, 0) is 39.2 Å². The highest BCUT2D eigenvalue weighted by Gasteiger charge is 2.33. The van der Waals surface area contributed by atoms with E-state index in [-0.39, 0.29) is 23.9 Å². The Hall–Kier alpha value is -1.39. The van der Waals surface area contributed by atoms with Crippen molar-refractivity contribution in [3.8, 4) is 0 Å². The minimum absolute atomic E-state index is 0.0587. The molecule has 0 aliphatic heterocycles. The van der Waals surface area contributed by atoms with Crippen molar-refractivity contribution in [3.05, 3.63) is 35.9 Å². The zero-order chi connectivity index (χ0) is 16.9. The summed E-state index contributed by atoms with van der Waals surface area (Å²) in [5, 5.41) is 16.8. The molecule has 1 aliphatic carbocycles. The molecule has 0 heterocycles. The lowest BCUT2D eigenvalue weighted by molar-refractivity contribution is -0.126. The van der Waals surface area contributed by atoms with Gasteiger partial charge in [0.2, 0.25) is 5.91 Å². The summed E-state index contributed by atoms with van der Waals surface area (Å²) in [4.78, 5) is 12.1. The predicted molar refractivity (Wildman–Crippen MR) is 93.1 cm³/mol. The van der Waals surface area contributed by atoms with E-state index in [1.165, 1.54) is 5.56 Å². The van der Waals surface area contributed by atoms with Crippen LogP contribution in [0.2, 0.25) is 0 Å². The summed E-state index contributed by atoms with van der Waals surface area (Å²) in [6, 6.07) is 10.5. The maximum absolute atomic E-state index is 12.1. The van der Waals surface area contributed by atoms with Crippen molar-refractivity contribution in [2.45, 2.75) is 70.1 Å². The molecule has 1 aliphatic rings. The van der Waals surface area contributed by atoms with E-state index in [0.717, 1.165) is 25.7 Å². The quantitative estimate of drug-likeness (QED) is 0.724. The normalized spacial score (nSPS) is 18.6. The minimum Gasteiger partial charge on any atom is -0.389 e. The largest absolute Gasteiger partial charge is 0.389 e. The van der Waals surface area contributed by atoms with Crippen molar-refractivity contribution in [2.24, 2.45) is 0 Å². The van der Waals surface area contributed by atoms with Gasteiger partial charge in [0.05, 0.1) is 12.0 Å². The fourth-order valence-electron chi connectivity index (χ4n) is 3.35. The van der Waals surface area contributed by atoms with Crippen molar-refractivity contribution >= 4 is 5.91 Å². The topological polar surface area (TPSA) is 61.4 Å². The monoisotopic (exact) mass is 318 g/mol. The van der Waals surface area contributed by atoms with Crippen molar-refractivity contribution in [2.75, 3.05) is 6.54 Å². The SMILES string of the molecule is CC(NC(C)(C)CNC(=O)CC1(O)CCCC1)c1ccccc1. The van der Waals surface area contributed by atoms with Crippen LogP contribution < -0.4 is 10.6 Å². The highest BCUT2D eigenvalue weighted by molar-refractivity contribution is 5.77. The molecule has 23 heavy (non-hydrogen) atoms. The summed E-state index contributed by atoms with van der Waals surface area (Å²) in [7, 11) is 0. The molecule has 0 radical (unpaired) electrons. The number of carbonyl (C=O) groups excluding carboxylic acids is 1. The maximum atomic E-state index is 12.1. The Bertz CT molecular complexity index is 507. The van der Waals surface area contributed by atoms with Gasteiger partial charge in [0.1, 0.15) is 0 Å². The molecule has 2 rings (SSSR count). The van der Waals surface area contributed by atoms with Crippen LogP contribution in [0.5, 0.6) is 0 Å². The van der Waals surface area contributed by atoms with Gasteiger partial charge in [-0.25, -0.2) is 0 Å². The third-order valence-corrected chi connectivity index (χ3v) is 4.66. The molecule has 1 fully saturated rings. The van der Waals surface area contributed by atoms with Crippen molar-refractivity contribution in [1.82, 2.24) is 10.6 Å². The molecular formula is C19H30N2O2. The van der Waals surface area contributed by atoms with Crippen LogP contribution in [0.15, 0.2) is 30.3 Å². The molecule has 1 aromatic carbocycles. The molecule has 1 saturated carbocycles. The fraction of sp³-hybridized carbons (Fsp3) is 0.632. The molecule has 1 atom stereocenters. The van der Waals surface area contributed by atoms with Gasteiger partial charge in [0.15, 0.2) is 0 Å². The lowest BCUT2D eigenvalue weighted by Gasteiger charge is -2.31. The average Bonchev–Trinajstić information content (AvgIpc) is 2.92. The molecule has 0 bridgehead atoms. The van der Waals surface area contributed by atoms with E-state index in [0.29, 0.717) is 6.54 Å². The number of carbonyl (C=O) groups is 1. The van der Waals surface area contributed by atoms with Gasteiger partial charge in [0.25, 0.3) is 0 Å². The van der Waals surface area contributed by atoms with E-state index in [1.807, 2.05) is 18.2 Å². The molecule has 4 heteroatoms. The lowest BCUT2D eigenvalue weighted by Crippen LogP contribution is -2.50. The first-order chi connectivity index (χ1) is 10.8. The van der Waals surface area contributed by atoms with Crippen LogP contribution >= 0.6 is 0 Å². The Morgan fingerprint density at radius 3 is 2.48 bits per heavy atom. The van der Waals surface area contributed by atoms with Crippen molar-refractivity contribution in [3.63, 3.8) is 0 Å². The zero-order valence-electron chi connectivity index (χ0n) is 14.6. The highest BCUT2D eigenvalue weighted by atomic mass is 16.3. The Morgan fingerprint density at radius 2 is 1.87 bits per heavy atom. The predicted octanol–water partition coefficient (Wildman–Crippen LogP) is 2.93. The molecule has 1 aromatic rings. The third kappa shape index (κ3) is 5.63. The molecule has 0 saturated heterocycles. The van der Waals surface area contributed by atoms with E-state index in [1.54, 1.807) is 0 Å². The number of hydrogen-bond acceptors (Lipinski definition) is 3. The summed E-state index contributed by atoms with van der Waals surface area (Å²) in [5.74, 6) is -0.0587. The molecule has 4 nitrogen and oxygen atoms in total. The first kappa shape index (κ1) is 18.0. The van der Waals surface area contributed by atoms with Crippen LogP contribution in [-0.4, -0.2) is 28.7 Å². The van der Waals surface area contributed by atoms with E-state index < -0.39 is 5.60 Å². The summed E-state index contributed by atoms with van der Waals surface area (Å²) in [6.45, 7) is 6.83. The van der Waals surface area contributed by atoms with E-state index >= 15 is 0 Å². The molecule has 1 amide bonds. The molecule has 0 aromatic heterocycles. The second-order valence-corrected chi connectivity index (χ2v) is 7.55. The number of aliphatic hydroxyl groups is 1. The molecule has 128 valence electrons. The zero-order valence-corrected chi connectivity index (χ0v) is 14.6. The first-order valence-electron chi connectivity index (χ1n) is 8.61. The number of hydrogen-bond donors (Lipinski definition) is 3. The second kappa shape index (κ2) is 7.45. The summed E-state index contributed by atoms with van der Waals surface area (Å²) in [6.07, 6.45) is 3.74. The van der Waals surface area contributed by atoms with Crippen LogP contribution in [0.1, 0.15) is 64.5 Å². The van der Waals surface area contributed by atoms with Gasteiger partial charge in [-0.2, -0.15) is 0 Å². The lowest BCUT2D eigenvalue weighted by atomic mass is 9.97. The molecule has 0 spiro atoms. The number of nitrogens with one attached hydrogen (secondary N) is 2. The van der Waals surface area contributed by atoms with Crippen LogP contribution in [0.25, 0.3) is 0 Å². The standard InChI is InChI=1S/C19H30N2O2/c1-15(16-9-5-4-6-10-16)21-18(2,3)14-20-17(22)13-19(23)11-7-8-12-19/h4-6,9-10,15,21,23H,7-8,11-14H2,1-3H3,(H,20,22). The number of amides is 1. The van der Waals surface area contributed by atoms with Gasteiger partial charge in [-0.1, -0.05) is 43.2 Å². The summed E-state index contributed by atoms with van der Waals surface area (Å²) in [5.41, 5.74) is 0.231. The van der Waals surface area contributed by atoms with Crippen LogP contribution in [-0.2, 0) is 4.79 Å². The van der Waals surface area contributed by atoms with Crippen molar-refractivity contribution < 1.29 is 9.90 Å². The van der Waals surface area contributed by atoms with Gasteiger partial charge in [-0.15, -0.1) is 0 Å². The van der Waals surface area contributed by atoms with Gasteiger partial charge < -0.3 is 15.7 Å². The first-order valence-corrected chi connectivity index (χ1v) is 8.61. The van der Waals surface area contributed by atoms with E-state index in [4.69, 9.17) is 0 Å². The van der Waals surface area contributed by atoms with Crippen molar-refractivity contribution in [1.29, 1.82) is 0 Å². The Labute approximate surface area is 139 Å². The fourth-order valence-corrected chi connectivity index (χ4v) is 3.35. The Balaban J connectivity index is 1.80. The Morgan fingerprint density at radius 1 is 1.26 bits per heavy atom. The van der Waals surface area contributed by atoms with Crippen LogP contribution in [0, 0.1) is 0 Å². The number of rotatable bonds is 7. The molecule has 1 unspecified atom stereocenters. The second-order valence-electron chi connectivity index (χ2n) is 7.55. The van der Waals surface area contributed by atoms with Crippen LogP contribution in [0.3, 0.4) is 0 Å². The highest BCUT2D eigenvalue weighted by Crippen LogP contribution is 2.32. The molecular weight excluding hydrogens is 288 g/mol. The Kier molecular flexibility index (Phi) is 5.82. The van der Waals surface area contributed by atoms with Crippen LogP contribution in [0.4, 0.5) is 0 Å². The number of benzene rings is 1. The smallest absolute Gasteiger partial charge is 0.222 e. The average molecular weight is 318 g/mol. The molecule has 3 N–H and O–H groups in total. The van der Waals surface area contributed by atoms with E-state index in [2.05, 4.69) is 43.5 Å². The van der Waals surface area contributed by atoms with E-state index in [9.17, 15) is 9.90 Å². The van der Waals surface area contributed by atoms with Gasteiger partial charge >= 0.3 is 0 Å². The summed E-state index contributed by atoms with van der Waals surface area (Å²) < 4.78 is 0. The van der Waals surface area contributed by atoms with Gasteiger partial charge in [-0.3, -0.25) is 4.79 Å².